The Morgan fingerprint density at radius 1 is 1.09 bits per heavy atom. The molecule has 1 aliphatic rings. The lowest BCUT2D eigenvalue weighted by Crippen LogP contribution is -2.40. The molecule has 1 aliphatic carbocycles. The van der Waals surface area contributed by atoms with Gasteiger partial charge in [-0.05, 0) is 68.9 Å². The maximum Gasteiger partial charge on any atom is 0.306 e. The summed E-state index contributed by atoms with van der Waals surface area (Å²) in [6.07, 6.45) is 4.59. The number of carbonyl (C=O) groups is 2. The molecule has 1 atom stereocenters. The lowest BCUT2D eigenvalue weighted by Gasteiger charge is -2.31. The molecule has 2 heterocycles. The van der Waals surface area contributed by atoms with E-state index in [2.05, 4.69) is 5.32 Å². The molecule has 1 saturated carbocycles. The molecule has 1 unspecified atom stereocenters. The van der Waals surface area contributed by atoms with E-state index < -0.39 is 11.8 Å². The molecule has 1 amide bonds. The van der Waals surface area contributed by atoms with Crippen LogP contribution in [0.3, 0.4) is 0 Å². The normalized spacial score (nSPS) is 19.0. The minimum Gasteiger partial charge on any atom is -0.481 e. The summed E-state index contributed by atoms with van der Waals surface area (Å²) in [5.74, 6) is -1.63. The van der Waals surface area contributed by atoms with Crippen molar-refractivity contribution in [3.8, 4) is 0 Å². The molecule has 7 heteroatoms. The van der Waals surface area contributed by atoms with E-state index in [9.17, 15) is 19.1 Å². The van der Waals surface area contributed by atoms with Gasteiger partial charge in [-0.2, -0.15) is 0 Å². The van der Waals surface area contributed by atoms with Crippen LogP contribution in [0, 0.1) is 17.7 Å². The van der Waals surface area contributed by atoms with E-state index in [0.29, 0.717) is 30.3 Å². The van der Waals surface area contributed by atoms with Gasteiger partial charge in [0.05, 0.1) is 34.8 Å². The highest BCUT2D eigenvalue weighted by Gasteiger charge is 2.30. The van der Waals surface area contributed by atoms with Crippen molar-refractivity contribution in [3.63, 3.8) is 0 Å². The molecule has 2 aromatic carbocycles. The molecule has 6 nitrogen and oxygen atoms in total. The summed E-state index contributed by atoms with van der Waals surface area (Å²) in [4.78, 5) is 29.3. The molecule has 1 fully saturated rings. The quantitative estimate of drug-likeness (QED) is 0.393. The summed E-state index contributed by atoms with van der Waals surface area (Å²) < 4.78 is 16.4. The minimum atomic E-state index is -0.746. The molecular formula is C28H28FN3O3. The average molecular weight is 474 g/mol. The van der Waals surface area contributed by atoms with Crippen LogP contribution < -0.4 is 5.32 Å². The Morgan fingerprint density at radius 3 is 2.63 bits per heavy atom. The van der Waals surface area contributed by atoms with E-state index in [-0.39, 0.29) is 29.3 Å². The largest absolute Gasteiger partial charge is 0.481 e. The fourth-order valence-electron chi connectivity index (χ4n) is 5.26. The second-order valence-electron chi connectivity index (χ2n) is 9.54. The predicted molar refractivity (Wildman–Crippen MR) is 133 cm³/mol. The van der Waals surface area contributed by atoms with Crippen molar-refractivity contribution in [1.82, 2.24) is 14.9 Å². The van der Waals surface area contributed by atoms with Gasteiger partial charge in [0, 0.05) is 23.0 Å². The monoisotopic (exact) mass is 473 g/mol. The Bertz CT molecular complexity index is 1410. The number of para-hydroxylation sites is 1. The van der Waals surface area contributed by atoms with E-state index in [0.717, 1.165) is 29.4 Å². The number of carboxylic acids is 1. The molecule has 2 aromatic heterocycles. The number of amides is 1. The number of aliphatic carboxylic acids is 1. The maximum atomic E-state index is 14.4. The summed E-state index contributed by atoms with van der Waals surface area (Å²) in [5.41, 5.74) is 2.70. The predicted octanol–water partition coefficient (Wildman–Crippen LogP) is 5.39. The SMILES string of the molecule is CC(NC(=O)c1cc(F)cc2ccn(Cc3ccc4ccccc4n3)c12)C1CCC(C(=O)O)CC1. The Labute approximate surface area is 202 Å². The minimum absolute atomic E-state index is 0.138. The second kappa shape index (κ2) is 9.49. The molecule has 0 spiro atoms. The van der Waals surface area contributed by atoms with Gasteiger partial charge in [0.2, 0.25) is 0 Å². The third-order valence-electron chi connectivity index (χ3n) is 7.25. The van der Waals surface area contributed by atoms with Crippen LogP contribution in [0.5, 0.6) is 0 Å². The van der Waals surface area contributed by atoms with Gasteiger partial charge < -0.3 is 15.0 Å². The fourth-order valence-corrected chi connectivity index (χ4v) is 5.26. The molecule has 0 radical (unpaired) electrons. The van der Waals surface area contributed by atoms with Crippen molar-refractivity contribution in [1.29, 1.82) is 0 Å². The number of hydrogen-bond donors (Lipinski definition) is 2. The smallest absolute Gasteiger partial charge is 0.306 e. The molecule has 35 heavy (non-hydrogen) atoms. The van der Waals surface area contributed by atoms with Crippen LogP contribution in [0.25, 0.3) is 21.8 Å². The first-order chi connectivity index (χ1) is 16.9. The number of nitrogens with zero attached hydrogens (tertiary/aromatic N) is 2. The Hall–Kier alpha value is -3.74. The molecule has 2 N–H and O–H groups in total. The number of halogens is 1. The summed E-state index contributed by atoms with van der Waals surface area (Å²) in [5, 5.41) is 14.0. The summed E-state index contributed by atoms with van der Waals surface area (Å²) in [6, 6.07) is 16.3. The number of carbonyl (C=O) groups excluding carboxylic acids is 1. The zero-order chi connectivity index (χ0) is 24.5. The number of benzene rings is 2. The highest BCUT2D eigenvalue weighted by molar-refractivity contribution is 6.06. The second-order valence-corrected chi connectivity index (χ2v) is 9.54. The highest BCUT2D eigenvalue weighted by Crippen LogP contribution is 2.31. The Morgan fingerprint density at radius 2 is 1.86 bits per heavy atom. The van der Waals surface area contributed by atoms with Gasteiger partial charge in [0.25, 0.3) is 5.91 Å². The van der Waals surface area contributed by atoms with Gasteiger partial charge in [-0.3, -0.25) is 14.6 Å². The first-order valence-electron chi connectivity index (χ1n) is 12.1. The van der Waals surface area contributed by atoms with E-state index in [4.69, 9.17) is 4.98 Å². The zero-order valence-corrected chi connectivity index (χ0v) is 19.6. The van der Waals surface area contributed by atoms with Gasteiger partial charge >= 0.3 is 5.97 Å². The van der Waals surface area contributed by atoms with Gasteiger partial charge in [-0.15, -0.1) is 0 Å². The molecule has 180 valence electrons. The first kappa shape index (κ1) is 23.0. The van der Waals surface area contributed by atoms with Crippen LogP contribution in [0.15, 0.2) is 60.8 Å². The summed E-state index contributed by atoms with van der Waals surface area (Å²) in [7, 11) is 0. The van der Waals surface area contributed by atoms with E-state index in [1.807, 2.05) is 60.2 Å². The van der Waals surface area contributed by atoms with Crippen LogP contribution in [-0.2, 0) is 11.3 Å². The van der Waals surface area contributed by atoms with Crippen molar-refractivity contribution < 1.29 is 19.1 Å². The lowest BCUT2D eigenvalue weighted by atomic mass is 9.79. The van der Waals surface area contributed by atoms with Crippen molar-refractivity contribution in [2.45, 2.75) is 45.2 Å². The number of rotatable bonds is 6. The summed E-state index contributed by atoms with van der Waals surface area (Å²) in [6.45, 7) is 2.40. The van der Waals surface area contributed by atoms with E-state index in [1.165, 1.54) is 12.1 Å². The molecular weight excluding hydrogens is 445 g/mol. The molecule has 5 rings (SSSR count). The average Bonchev–Trinajstić information content (AvgIpc) is 3.25. The lowest BCUT2D eigenvalue weighted by molar-refractivity contribution is -0.143. The van der Waals surface area contributed by atoms with Crippen LogP contribution in [0.4, 0.5) is 4.39 Å². The van der Waals surface area contributed by atoms with Gasteiger partial charge in [0.1, 0.15) is 5.82 Å². The third-order valence-corrected chi connectivity index (χ3v) is 7.25. The number of pyridine rings is 1. The molecule has 0 bridgehead atoms. The standard InChI is InChI=1S/C28H28FN3O3/c1-17(18-6-8-20(9-7-18)28(34)35)30-27(33)24-15-22(29)14-21-12-13-32(26(21)24)16-23-11-10-19-4-2-3-5-25(19)31-23/h2-5,10-15,17-18,20H,6-9,16H2,1H3,(H,30,33)(H,34,35). The van der Waals surface area contributed by atoms with E-state index in [1.54, 1.807) is 0 Å². The van der Waals surface area contributed by atoms with Crippen LogP contribution in [0.1, 0.15) is 48.7 Å². The maximum absolute atomic E-state index is 14.4. The zero-order valence-electron chi connectivity index (χ0n) is 19.6. The summed E-state index contributed by atoms with van der Waals surface area (Å²) >= 11 is 0. The third kappa shape index (κ3) is 4.76. The molecule has 0 saturated heterocycles. The highest BCUT2D eigenvalue weighted by atomic mass is 19.1. The topological polar surface area (TPSA) is 84.2 Å². The fraction of sp³-hybridized carbons (Fsp3) is 0.321. The van der Waals surface area contributed by atoms with Crippen LogP contribution >= 0.6 is 0 Å². The van der Waals surface area contributed by atoms with Crippen LogP contribution in [-0.4, -0.2) is 32.6 Å². The number of aromatic nitrogens is 2. The Kier molecular flexibility index (Phi) is 6.24. The van der Waals surface area contributed by atoms with Gasteiger partial charge in [-0.1, -0.05) is 24.3 Å². The van der Waals surface area contributed by atoms with Crippen molar-refractivity contribution >= 4 is 33.7 Å². The van der Waals surface area contributed by atoms with Crippen LogP contribution in [0.2, 0.25) is 0 Å². The first-order valence-corrected chi connectivity index (χ1v) is 12.1. The number of fused-ring (bicyclic) bond motifs is 2. The van der Waals surface area contributed by atoms with E-state index >= 15 is 0 Å². The van der Waals surface area contributed by atoms with Gasteiger partial charge in [0.15, 0.2) is 0 Å². The van der Waals surface area contributed by atoms with Crippen molar-refractivity contribution in [3.05, 3.63) is 77.9 Å². The number of nitrogens with one attached hydrogen (secondary N) is 1. The number of hydrogen-bond acceptors (Lipinski definition) is 3. The Balaban J connectivity index is 1.39. The van der Waals surface area contributed by atoms with Crippen molar-refractivity contribution in [2.75, 3.05) is 0 Å². The van der Waals surface area contributed by atoms with Gasteiger partial charge in [-0.25, -0.2) is 4.39 Å². The molecule has 4 aromatic rings. The molecule has 0 aliphatic heterocycles. The number of carboxylic acid groups (broad SMARTS) is 1. The van der Waals surface area contributed by atoms with Crippen molar-refractivity contribution in [2.24, 2.45) is 11.8 Å².